The molecule has 1 aliphatic heterocycles. The molecule has 0 aromatic carbocycles. The molecule has 1 aliphatic rings. The molecule has 1 heterocycles. The molecule has 3 heteroatoms. The third kappa shape index (κ3) is 6.77. The van der Waals surface area contributed by atoms with Crippen LogP contribution in [0.15, 0.2) is 24.4 Å². The highest BCUT2D eigenvalue weighted by Crippen LogP contribution is 2.05. The molecule has 0 aliphatic carbocycles. The summed E-state index contributed by atoms with van der Waals surface area (Å²) >= 11 is 0. The van der Waals surface area contributed by atoms with Crippen LogP contribution in [0.3, 0.4) is 0 Å². The largest absolute Gasteiger partial charge is 0.478 e. The Labute approximate surface area is 92.1 Å². The van der Waals surface area contributed by atoms with E-state index in [1.54, 1.807) is 13.0 Å². The van der Waals surface area contributed by atoms with E-state index < -0.39 is 5.97 Å². The zero-order valence-electron chi connectivity index (χ0n) is 9.70. The van der Waals surface area contributed by atoms with Crippen LogP contribution < -0.4 is 0 Å². The van der Waals surface area contributed by atoms with Crippen molar-refractivity contribution in [2.75, 3.05) is 13.1 Å². The van der Waals surface area contributed by atoms with Crippen molar-refractivity contribution in [3.05, 3.63) is 24.4 Å². The summed E-state index contributed by atoms with van der Waals surface area (Å²) in [7, 11) is 0. The standard InChI is InChI=1S/C6H11N.C6H10O2/c1-2-7-5-3-4-6-7;1-3-4-5(2)6(7)8/h2H,1,3-6H2;4H,3H2,1-2H3,(H,7,8). The Morgan fingerprint density at radius 2 is 2.00 bits per heavy atom. The van der Waals surface area contributed by atoms with Crippen molar-refractivity contribution in [1.29, 1.82) is 0 Å². The molecule has 1 fully saturated rings. The molecule has 86 valence electrons. The molecule has 0 aromatic heterocycles. The zero-order chi connectivity index (χ0) is 11.7. The molecule has 0 bridgehead atoms. The average Bonchev–Trinajstić information content (AvgIpc) is 2.71. The van der Waals surface area contributed by atoms with Crippen molar-refractivity contribution < 1.29 is 9.90 Å². The normalized spacial score (nSPS) is 15.6. The fourth-order valence-corrected chi connectivity index (χ4v) is 1.32. The lowest BCUT2D eigenvalue weighted by Gasteiger charge is -2.07. The van der Waals surface area contributed by atoms with Gasteiger partial charge in [0.05, 0.1) is 0 Å². The van der Waals surface area contributed by atoms with Gasteiger partial charge in [0.15, 0.2) is 0 Å². The van der Waals surface area contributed by atoms with Crippen molar-refractivity contribution in [2.45, 2.75) is 33.1 Å². The van der Waals surface area contributed by atoms with Crippen LogP contribution in [-0.4, -0.2) is 29.1 Å². The summed E-state index contributed by atoms with van der Waals surface area (Å²) in [5, 5.41) is 8.24. The lowest BCUT2D eigenvalue weighted by Crippen LogP contribution is -2.08. The third-order valence-corrected chi connectivity index (χ3v) is 2.25. The minimum Gasteiger partial charge on any atom is -0.478 e. The minimum absolute atomic E-state index is 0.424. The Bertz CT molecular complexity index is 228. The first kappa shape index (κ1) is 13.8. The van der Waals surface area contributed by atoms with E-state index in [1.165, 1.54) is 25.9 Å². The highest BCUT2D eigenvalue weighted by molar-refractivity contribution is 5.85. The first-order valence-electron chi connectivity index (χ1n) is 5.38. The molecule has 1 saturated heterocycles. The number of allylic oxidation sites excluding steroid dienone is 1. The van der Waals surface area contributed by atoms with E-state index in [0.717, 1.165) is 6.42 Å². The molecule has 0 aromatic rings. The molecule has 0 saturated carbocycles. The van der Waals surface area contributed by atoms with Gasteiger partial charge < -0.3 is 10.0 Å². The Hall–Kier alpha value is -1.25. The monoisotopic (exact) mass is 211 g/mol. The fraction of sp³-hybridized carbons (Fsp3) is 0.583. The number of rotatable bonds is 3. The average molecular weight is 211 g/mol. The molecule has 0 unspecified atom stereocenters. The highest BCUT2D eigenvalue weighted by atomic mass is 16.4. The highest BCUT2D eigenvalue weighted by Gasteiger charge is 2.04. The van der Waals surface area contributed by atoms with Crippen LogP contribution in [0.25, 0.3) is 0 Å². The van der Waals surface area contributed by atoms with Crippen LogP contribution in [0.1, 0.15) is 33.1 Å². The van der Waals surface area contributed by atoms with E-state index in [9.17, 15) is 4.79 Å². The summed E-state index contributed by atoms with van der Waals surface area (Å²) in [4.78, 5) is 12.3. The molecule has 0 amide bonds. The number of hydrogen-bond acceptors (Lipinski definition) is 2. The predicted octanol–water partition coefficient (Wildman–Crippen LogP) is 2.65. The van der Waals surface area contributed by atoms with Crippen molar-refractivity contribution in [2.24, 2.45) is 0 Å². The van der Waals surface area contributed by atoms with Gasteiger partial charge in [0.1, 0.15) is 0 Å². The van der Waals surface area contributed by atoms with Crippen LogP contribution >= 0.6 is 0 Å². The van der Waals surface area contributed by atoms with Crippen molar-refractivity contribution in [3.63, 3.8) is 0 Å². The van der Waals surface area contributed by atoms with Crippen LogP contribution in [-0.2, 0) is 4.79 Å². The molecule has 0 radical (unpaired) electrons. The number of aliphatic carboxylic acids is 1. The SMILES string of the molecule is C=CN1CCCC1.CCC=C(C)C(=O)O. The van der Waals surface area contributed by atoms with E-state index in [0.29, 0.717) is 5.57 Å². The lowest BCUT2D eigenvalue weighted by atomic mass is 10.2. The first-order chi connectivity index (χ1) is 7.11. The molecule has 0 spiro atoms. The van der Waals surface area contributed by atoms with Gasteiger partial charge in [-0.2, -0.15) is 0 Å². The number of carboxylic acid groups (broad SMARTS) is 1. The second-order valence-electron chi connectivity index (χ2n) is 3.53. The molecule has 1 rings (SSSR count). The molecular formula is C12H21NO2. The fourth-order valence-electron chi connectivity index (χ4n) is 1.32. The Kier molecular flexibility index (Phi) is 7.42. The molecule has 15 heavy (non-hydrogen) atoms. The van der Waals surface area contributed by atoms with Crippen molar-refractivity contribution in [3.8, 4) is 0 Å². The van der Waals surface area contributed by atoms with E-state index in [1.807, 2.05) is 13.1 Å². The Morgan fingerprint density at radius 1 is 1.47 bits per heavy atom. The van der Waals surface area contributed by atoms with E-state index in [-0.39, 0.29) is 0 Å². The molecule has 3 nitrogen and oxygen atoms in total. The maximum atomic E-state index is 10.0. The number of nitrogens with zero attached hydrogens (tertiary/aromatic N) is 1. The maximum absolute atomic E-state index is 10.0. The van der Waals surface area contributed by atoms with Crippen LogP contribution in [0, 0.1) is 0 Å². The van der Waals surface area contributed by atoms with Gasteiger partial charge in [-0.3, -0.25) is 0 Å². The predicted molar refractivity (Wildman–Crippen MR) is 62.7 cm³/mol. The summed E-state index contributed by atoms with van der Waals surface area (Å²) in [6.07, 6.45) is 7.10. The van der Waals surface area contributed by atoms with Gasteiger partial charge in [0.2, 0.25) is 0 Å². The van der Waals surface area contributed by atoms with E-state index in [4.69, 9.17) is 5.11 Å². The van der Waals surface area contributed by atoms with Gasteiger partial charge in [-0.05, 0) is 32.4 Å². The topological polar surface area (TPSA) is 40.5 Å². The van der Waals surface area contributed by atoms with Gasteiger partial charge in [-0.15, -0.1) is 0 Å². The summed E-state index contributed by atoms with van der Waals surface area (Å²) in [6.45, 7) is 9.62. The van der Waals surface area contributed by atoms with Gasteiger partial charge >= 0.3 is 5.97 Å². The first-order valence-corrected chi connectivity index (χ1v) is 5.38. The summed E-state index contributed by atoms with van der Waals surface area (Å²) < 4.78 is 0. The minimum atomic E-state index is -0.827. The summed E-state index contributed by atoms with van der Waals surface area (Å²) in [6, 6.07) is 0. The maximum Gasteiger partial charge on any atom is 0.330 e. The number of carbonyl (C=O) groups is 1. The summed E-state index contributed by atoms with van der Waals surface area (Å²) in [5.74, 6) is -0.827. The van der Waals surface area contributed by atoms with Gasteiger partial charge in [0.25, 0.3) is 0 Å². The zero-order valence-corrected chi connectivity index (χ0v) is 9.70. The Morgan fingerprint density at radius 3 is 2.20 bits per heavy atom. The molecular weight excluding hydrogens is 190 g/mol. The van der Waals surface area contributed by atoms with Gasteiger partial charge in [0, 0.05) is 18.7 Å². The molecule has 0 atom stereocenters. The van der Waals surface area contributed by atoms with Crippen LogP contribution in [0.5, 0.6) is 0 Å². The quantitative estimate of drug-likeness (QED) is 0.730. The van der Waals surface area contributed by atoms with Crippen LogP contribution in [0.2, 0.25) is 0 Å². The number of hydrogen-bond donors (Lipinski definition) is 1. The van der Waals surface area contributed by atoms with Gasteiger partial charge in [-0.1, -0.05) is 19.6 Å². The van der Waals surface area contributed by atoms with E-state index >= 15 is 0 Å². The summed E-state index contributed by atoms with van der Waals surface area (Å²) in [5.41, 5.74) is 0.424. The smallest absolute Gasteiger partial charge is 0.330 e. The Balaban J connectivity index is 0.000000262. The second kappa shape index (κ2) is 8.09. The number of carboxylic acids is 1. The molecule has 1 N–H and O–H groups in total. The van der Waals surface area contributed by atoms with Gasteiger partial charge in [-0.25, -0.2) is 4.79 Å². The van der Waals surface area contributed by atoms with Crippen molar-refractivity contribution >= 4 is 5.97 Å². The lowest BCUT2D eigenvalue weighted by molar-refractivity contribution is -0.132. The number of likely N-dealkylation sites (tertiary alicyclic amines) is 1. The van der Waals surface area contributed by atoms with Crippen LogP contribution in [0.4, 0.5) is 0 Å². The van der Waals surface area contributed by atoms with Crippen molar-refractivity contribution in [1.82, 2.24) is 4.90 Å². The third-order valence-electron chi connectivity index (χ3n) is 2.25. The van der Waals surface area contributed by atoms with E-state index in [2.05, 4.69) is 11.5 Å². The second-order valence-corrected chi connectivity index (χ2v) is 3.53.